The van der Waals surface area contributed by atoms with Gasteiger partial charge in [0.15, 0.2) is 0 Å². The summed E-state index contributed by atoms with van der Waals surface area (Å²) in [5, 5.41) is 10.9. The molecule has 2 fully saturated rings. The van der Waals surface area contributed by atoms with E-state index in [0.29, 0.717) is 31.6 Å². The van der Waals surface area contributed by atoms with Crippen molar-refractivity contribution in [2.45, 2.75) is 18.9 Å². The zero-order chi connectivity index (χ0) is 21.3. The van der Waals surface area contributed by atoms with Crippen LogP contribution in [0, 0.1) is 10.1 Å². The number of hydrogen-bond donors (Lipinski definition) is 0. The third kappa shape index (κ3) is 3.61. The van der Waals surface area contributed by atoms with E-state index >= 15 is 0 Å². The van der Waals surface area contributed by atoms with Gasteiger partial charge in [0.05, 0.1) is 10.6 Å². The van der Waals surface area contributed by atoms with Crippen molar-refractivity contribution in [2.75, 3.05) is 24.5 Å². The second kappa shape index (κ2) is 7.94. The summed E-state index contributed by atoms with van der Waals surface area (Å²) >= 11 is 0. The van der Waals surface area contributed by atoms with Crippen LogP contribution in [0.4, 0.5) is 16.2 Å². The number of likely N-dealkylation sites (tertiary alicyclic amines) is 1. The standard InChI is InChI=1S/C21H20N4O5/c26-19-14-23(21(28)24(19)17-6-2-1-3-7-17)16-9-11-22(12-10-16)20(27)15-5-4-8-18(13-15)25(29)30/h1-8,13,16H,9-12,14H2. The quantitative estimate of drug-likeness (QED) is 0.439. The Balaban J connectivity index is 1.41. The molecule has 9 nitrogen and oxygen atoms in total. The van der Waals surface area contributed by atoms with Crippen LogP contribution in [0.2, 0.25) is 0 Å². The molecule has 0 atom stereocenters. The van der Waals surface area contributed by atoms with Gasteiger partial charge in [0, 0.05) is 36.8 Å². The summed E-state index contributed by atoms with van der Waals surface area (Å²) in [5.41, 5.74) is 0.691. The number of carbonyl (C=O) groups excluding carboxylic acids is 3. The van der Waals surface area contributed by atoms with Gasteiger partial charge in [-0.25, -0.2) is 9.69 Å². The topological polar surface area (TPSA) is 104 Å². The molecule has 2 aromatic carbocycles. The normalized spacial score (nSPS) is 17.5. The number of piperidine rings is 1. The zero-order valence-electron chi connectivity index (χ0n) is 16.1. The van der Waals surface area contributed by atoms with E-state index in [4.69, 9.17) is 0 Å². The lowest BCUT2D eigenvalue weighted by atomic mass is 10.0. The first kappa shape index (κ1) is 19.6. The number of hydrogen-bond acceptors (Lipinski definition) is 5. The molecule has 0 aliphatic carbocycles. The minimum absolute atomic E-state index is 0.0250. The van der Waals surface area contributed by atoms with Gasteiger partial charge < -0.3 is 9.80 Å². The summed E-state index contributed by atoms with van der Waals surface area (Å²) in [7, 11) is 0. The molecule has 4 rings (SSSR count). The number of benzene rings is 2. The summed E-state index contributed by atoms with van der Waals surface area (Å²) < 4.78 is 0. The van der Waals surface area contributed by atoms with Crippen molar-refractivity contribution in [3.8, 4) is 0 Å². The molecule has 0 aromatic heterocycles. The lowest BCUT2D eigenvalue weighted by Crippen LogP contribution is -2.48. The number of non-ortho nitro benzene ring substituents is 1. The molecule has 0 spiro atoms. The molecule has 30 heavy (non-hydrogen) atoms. The number of rotatable bonds is 4. The monoisotopic (exact) mass is 408 g/mol. The number of nitro groups is 1. The van der Waals surface area contributed by atoms with E-state index < -0.39 is 4.92 Å². The van der Waals surface area contributed by atoms with Gasteiger partial charge in [0.2, 0.25) is 0 Å². The van der Waals surface area contributed by atoms with Gasteiger partial charge in [0.25, 0.3) is 17.5 Å². The number of nitrogens with zero attached hydrogens (tertiary/aromatic N) is 4. The minimum atomic E-state index is -0.530. The van der Waals surface area contributed by atoms with Gasteiger partial charge in [-0.2, -0.15) is 0 Å². The van der Waals surface area contributed by atoms with Crippen LogP contribution in [0.5, 0.6) is 0 Å². The minimum Gasteiger partial charge on any atom is -0.338 e. The maximum absolute atomic E-state index is 12.8. The smallest absolute Gasteiger partial charge is 0.332 e. The summed E-state index contributed by atoms with van der Waals surface area (Å²) in [4.78, 5) is 52.8. The van der Waals surface area contributed by atoms with E-state index in [0.717, 1.165) is 0 Å². The molecule has 154 valence electrons. The molecule has 0 bridgehead atoms. The van der Waals surface area contributed by atoms with Crippen molar-refractivity contribution in [1.82, 2.24) is 9.80 Å². The Morgan fingerprint density at radius 1 is 1.00 bits per heavy atom. The number of carbonyl (C=O) groups is 3. The van der Waals surface area contributed by atoms with Crippen LogP contribution in [0.25, 0.3) is 0 Å². The molecule has 2 aliphatic heterocycles. The Morgan fingerprint density at radius 3 is 2.37 bits per heavy atom. The molecule has 0 unspecified atom stereocenters. The number of imide groups is 1. The second-order valence-electron chi connectivity index (χ2n) is 7.31. The Hall–Kier alpha value is -3.75. The Bertz CT molecular complexity index is 1000. The van der Waals surface area contributed by atoms with Crippen molar-refractivity contribution < 1.29 is 19.3 Å². The van der Waals surface area contributed by atoms with Crippen LogP contribution in [0.15, 0.2) is 54.6 Å². The van der Waals surface area contributed by atoms with Gasteiger partial charge in [0.1, 0.15) is 6.54 Å². The first-order chi connectivity index (χ1) is 14.5. The highest BCUT2D eigenvalue weighted by molar-refractivity contribution is 6.19. The van der Waals surface area contributed by atoms with Gasteiger partial charge in [-0.05, 0) is 31.0 Å². The highest BCUT2D eigenvalue weighted by Gasteiger charge is 2.41. The second-order valence-corrected chi connectivity index (χ2v) is 7.31. The van der Waals surface area contributed by atoms with Crippen LogP contribution < -0.4 is 4.90 Å². The van der Waals surface area contributed by atoms with E-state index in [1.54, 1.807) is 40.1 Å². The van der Waals surface area contributed by atoms with E-state index in [9.17, 15) is 24.5 Å². The average molecular weight is 408 g/mol. The van der Waals surface area contributed by atoms with E-state index in [-0.39, 0.29) is 41.7 Å². The summed E-state index contributed by atoms with van der Waals surface area (Å²) in [6.45, 7) is 0.849. The average Bonchev–Trinajstić information content (AvgIpc) is 3.08. The first-order valence-electron chi connectivity index (χ1n) is 9.68. The lowest BCUT2D eigenvalue weighted by Gasteiger charge is -2.36. The van der Waals surface area contributed by atoms with Crippen molar-refractivity contribution in [2.24, 2.45) is 0 Å². The van der Waals surface area contributed by atoms with E-state index in [1.807, 2.05) is 6.07 Å². The fraction of sp³-hybridized carbons (Fsp3) is 0.286. The van der Waals surface area contributed by atoms with Crippen LogP contribution >= 0.6 is 0 Å². The molecule has 2 aliphatic rings. The van der Waals surface area contributed by atoms with Crippen LogP contribution in [-0.4, -0.2) is 58.2 Å². The molecule has 0 radical (unpaired) electrons. The first-order valence-corrected chi connectivity index (χ1v) is 9.68. The third-order valence-electron chi connectivity index (χ3n) is 5.50. The zero-order valence-corrected chi connectivity index (χ0v) is 16.1. The fourth-order valence-corrected chi connectivity index (χ4v) is 3.95. The summed E-state index contributed by atoms with van der Waals surface area (Å²) in [5.74, 6) is -0.534. The molecule has 9 heteroatoms. The molecule has 0 N–H and O–H groups in total. The number of urea groups is 1. The molecular weight excluding hydrogens is 388 g/mol. The molecule has 2 heterocycles. The predicted molar refractivity (Wildman–Crippen MR) is 108 cm³/mol. The van der Waals surface area contributed by atoms with Crippen LogP contribution in [0.3, 0.4) is 0 Å². The number of nitro benzene ring substituents is 1. The molecule has 0 saturated carbocycles. The Morgan fingerprint density at radius 2 is 1.70 bits per heavy atom. The largest absolute Gasteiger partial charge is 0.338 e. The highest BCUT2D eigenvalue weighted by Crippen LogP contribution is 2.27. The molecule has 2 aromatic rings. The van der Waals surface area contributed by atoms with Gasteiger partial charge in [-0.15, -0.1) is 0 Å². The van der Waals surface area contributed by atoms with Crippen molar-refractivity contribution in [3.63, 3.8) is 0 Å². The SMILES string of the molecule is O=C(c1cccc([N+](=O)[O-])c1)N1CCC(N2CC(=O)N(c3ccccc3)C2=O)CC1. The molecule has 2 saturated heterocycles. The maximum atomic E-state index is 12.8. The van der Waals surface area contributed by atoms with Crippen LogP contribution in [0.1, 0.15) is 23.2 Å². The van der Waals surface area contributed by atoms with Crippen molar-refractivity contribution in [1.29, 1.82) is 0 Å². The number of anilines is 1. The van der Waals surface area contributed by atoms with E-state index in [2.05, 4.69) is 0 Å². The van der Waals surface area contributed by atoms with Crippen LogP contribution in [-0.2, 0) is 4.79 Å². The number of amides is 4. The Labute approximate surface area is 172 Å². The van der Waals surface area contributed by atoms with E-state index in [1.165, 1.54) is 23.1 Å². The van der Waals surface area contributed by atoms with Crippen molar-refractivity contribution >= 4 is 29.2 Å². The fourth-order valence-electron chi connectivity index (χ4n) is 3.95. The summed E-state index contributed by atoms with van der Waals surface area (Å²) in [6, 6.07) is 14.0. The highest BCUT2D eigenvalue weighted by atomic mass is 16.6. The van der Waals surface area contributed by atoms with Gasteiger partial charge in [-0.1, -0.05) is 24.3 Å². The van der Waals surface area contributed by atoms with Gasteiger partial charge >= 0.3 is 6.03 Å². The molecular formula is C21H20N4O5. The number of para-hydroxylation sites is 1. The summed E-state index contributed by atoms with van der Waals surface area (Å²) in [6.07, 6.45) is 1.09. The Kier molecular flexibility index (Phi) is 5.18. The lowest BCUT2D eigenvalue weighted by molar-refractivity contribution is -0.384. The van der Waals surface area contributed by atoms with Gasteiger partial charge in [-0.3, -0.25) is 19.7 Å². The van der Waals surface area contributed by atoms with Crippen molar-refractivity contribution in [3.05, 3.63) is 70.3 Å². The third-order valence-corrected chi connectivity index (χ3v) is 5.50. The maximum Gasteiger partial charge on any atom is 0.332 e. The predicted octanol–water partition coefficient (Wildman–Crippen LogP) is 2.67. The molecule has 4 amide bonds.